The summed E-state index contributed by atoms with van der Waals surface area (Å²) in [6.45, 7) is 5.81. The van der Waals surface area contributed by atoms with E-state index in [1.165, 1.54) is 57.4 Å². The summed E-state index contributed by atoms with van der Waals surface area (Å²) in [5, 5.41) is 4.34. The molecule has 0 unspecified atom stereocenters. The van der Waals surface area contributed by atoms with Gasteiger partial charge in [0.1, 0.15) is 5.75 Å². The lowest BCUT2D eigenvalue weighted by Gasteiger charge is -2.06. The van der Waals surface area contributed by atoms with E-state index in [-0.39, 0.29) is 11.0 Å². The van der Waals surface area contributed by atoms with Gasteiger partial charge >= 0.3 is 0 Å². The summed E-state index contributed by atoms with van der Waals surface area (Å²) in [5.74, 6) is 0.642. The fraction of sp³-hybridized carbons (Fsp3) is 0.600. The van der Waals surface area contributed by atoms with Crippen LogP contribution in [0.2, 0.25) is 0 Å². The second-order valence-corrected chi connectivity index (χ2v) is 8.43. The van der Waals surface area contributed by atoms with Crippen molar-refractivity contribution in [3.05, 3.63) is 41.3 Å². The molecular formula is C25H39NO3S. The van der Waals surface area contributed by atoms with Crippen LogP contribution in [0.15, 0.2) is 35.7 Å². The summed E-state index contributed by atoms with van der Waals surface area (Å²) >= 11 is 1.02. The lowest BCUT2D eigenvalue weighted by molar-refractivity contribution is -0.116. The monoisotopic (exact) mass is 433 g/mol. The molecule has 168 valence electrons. The van der Waals surface area contributed by atoms with Crippen molar-refractivity contribution in [1.29, 1.82) is 0 Å². The Morgan fingerprint density at radius 1 is 0.867 bits per heavy atom. The Morgan fingerprint density at radius 3 is 2.13 bits per heavy atom. The summed E-state index contributed by atoms with van der Waals surface area (Å²) in [6.07, 6.45) is 14.6. The Morgan fingerprint density at radius 2 is 1.47 bits per heavy atom. The number of carbonyl (C=O) groups is 2. The first kappa shape index (κ1) is 26.3. The standard InChI is InChI=1S/C25H39NO3S/c1-3-5-7-9-10-12-19-26-24(27)18-21-30-25(28)22-14-16-23(17-15-22)29-20-13-11-8-6-4-2/h14-18,21H,3-13,19-20H2,1-2H3,(H,26,27)/b21-18-. The Balaban J connectivity index is 2.18. The fourth-order valence-corrected chi connectivity index (χ4v) is 3.57. The Hall–Kier alpha value is -1.75. The van der Waals surface area contributed by atoms with Crippen LogP contribution < -0.4 is 10.1 Å². The molecule has 0 heterocycles. The van der Waals surface area contributed by atoms with Crippen molar-refractivity contribution in [2.45, 2.75) is 84.5 Å². The second-order valence-electron chi connectivity index (χ2n) is 7.55. The van der Waals surface area contributed by atoms with Gasteiger partial charge in [-0.15, -0.1) is 0 Å². The third kappa shape index (κ3) is 13.5. The van der Waals surface area contributed by atoms with Gasteiger partial charge in [-0.05, 0) is 42.5 Å². The number of hydrogen-bond donors (Lipinski definition) is 1. The molecule has 0 atom stereocenters. The Bertz CT molecular complexity index is 613. The van der Waals surface area contributed by atoms with Gasteiger partial charge in [-0.2, -0.15) is 0 Å². The molecule has 0 aliphatic carbocycles. The van der Waals surface area contributed by atoms with Gasteiger partial charge in [0.2, 0.25) is 11.0 Å². The first-order valence-corrected chi connectivity index (χ1v) is 12.4. The van der Waals surface area contributed by atoms with Gasteiger partial charge in [0.25, 0.3) is 0 Å². The molecule has 1 rings (SSSR count). The predicted octanol–water partition coefficient (Wildman–Crippen LogP) is 6.90. The minimum Gasteiger partial charge on any atom is -0.494 e. The van der Waals surface area contributed by atoms with Crippen LogP contribution in [-0.2, 0) is 4.79 Å². The van der Waals surface area contributed by atoms with Crippen LogP contribution in [0.3, 0.4) is 0 Å². The van der Waals surface area contributed by atoms with Gasteiger partial charge in [-0.25, -0.2) is 0 Å². The summed E-state index contributed by atoms with van der Waals surface area (Å²) < 4.78 is 5.72. The van der Waals surface area contributed by atoms with E-state index >= 15 is 0 Å². The van der Waals surface area contributed by atoms with Crippen LogP contribution in [0.25, 0.3) is 0 Å². The lowest BCUT2D eigenvalue weighted by atomic mass is 10.1. The Labute approximate surface area is 187 Å². The third-order valence-corrected chi connectivity index (χ3v) is 5.55. The third-order valence-electron chi connectivity index (χ3n) is 4.83. The molecule has 30 heavy (non-hydrogen) atoms. The van der Waals surface area contributed by atoms with Crippen LogP contribution >= 0.6 is 11.8 Å². The molecule has 0 saturated carbocycles. The highest BCUT2D eigenvalue weighted by molar-refractivity contribution is 8.16. The smallest absolute Gasteiger partial charge is 0.244 e. The number of unbranched alkanes of at least 4 members (excludes halogenated alkanes) is 9. The molecule has 4 nitrogen and oxygen atoms in total. The summed E-state index contributed by atoms with van der Waals surface area (Å²) in [5.41, 5.74) is 0.604. The first-order chi connectivity index (χ1) is 14.7. The molecule has 1 aromatic rings. The molecule has 5 heteroatoms. The van der Waals surface area contributed by atoms with Crippen molar-refractivity contribution in [2.75, 3.05) is 13.2 Å². The number of benzene rings is 1. The van der Waals surface area contributed by atoms with Gasteiger partial charge in [0.05, 0.1) is 6.61 Å². The van der Waals surface area contributed by atoms with Crippen molar-refractivity contribution in [2.24, 2.45) is 0 Å². The van der Waals surface area contributed by atoms with Crippen molar-refractivity contribution >= 4 is 22.8 Å². The van der Waals surface area contributed by atoms with Gasteiger partial charge in [-0.3, -0.25) is 9.59 Å². The number of carbonyl (C=O) groups excluding carboxylic acids is 2. The quantitative estimate of drug-likeness (QED) is 0.214. The van der Waals surface area contributed by atoms with E-state index in [2.05, 4.69) is 19.2 Å². The number of amides is 1. The Kier molecular flexibility index (Phi) is 15.8. The van der Waals surface area contributed by atoms with E-state index in [0.29, 0.717) is 18.7 Å². The van der Waals surface area contributed by atoms with Crippen molar-refractivity contribution in [1.82, 2.24) is 5.32 Å². The van der Waals surface area contributed by atoms with Gasteiger partial charge in [0, 0.05) is 18.2 Å². The van der Waals surface area contributed by atoms with E-state index in [1.54, 1.807) is 17.5 Å². The maximum Gasteiger partial charge on any atom is 0.244 e. The molecular weight excluding hydrogens is 394 g/mol. The minimum absolute atomic E-state index is 0.0823. The summed E-state index contributed by atoms with van der Waals surface area (Å²) in [6, 6.07) is 7.20. The van der Waals surface area contributed by atoms with Crippen molar-refractivity contribution < 1.29 is 14.3 Å². The van der Waals surface area contributed by atoms with Crippen molar-refractivity contribution in [3.8, 4) is 5.75 Å². The average Bonchev–Trinajstić information content (AvgIpc) is 2.76. The zero-order valence-corrected chi connectivity index (χ0v) is 19.6. The zero-order chi connectivity index (χ0) is 21.9. The molecule has 0 aliphatic rings. The van der Waals surface area contributed by atoms with Crippen LogP contribution in [0.5, 0.6) is 5.75 Å². The largest absolute Gasteiger partial charge is 0.494 e. The molecule has 0 bridgehead atoms. The van der Waals surface area contributed by atoms with Crippen LogP contribution in [-0.4, -0.2) is 24.2 Å². The molecule has 0 fully saturated rings. The second kappa shape index (κ2) is 18.1. The molecule has 0 spiro atoms. The topological polar surface area (TPSA) is 55.4 Å². The summed E-state index contributed by atoms with van der Waals surface area (Å²) in [7, 11) is 0. The van der Waals surface area contributed by atoms with Crippen LogP contribution in [0.1, 0.15) is 94.8 Å². The van der Waals surface area contributed by atoms with Crippen molar-refractivity contribution in [3.63, 3.8) is 0 Å². The highest BCUT2D eigenvalue weighted by Gasteiger charge is 2.05. The fourth-order valence-electron chi connectivity index (χ4n) is 2.98. The van der Waals surface area contributed by atoms with E-state index in [9.17, 15) is 9.59 Å². The van der Waals surface area contributed by atoms with E-state index < -0.39 is 0 Å². The average molecular weight is 434 g/mol. The maximum absolute atomic E-state index is 12.2. The number of rotatable bonds is 17. The first-order valence-electron chi connectivity index (χ1n) is 11.6. The molecule has 0 saturated heterocycles. The van der Waals surface area contributed by atoms with Gasteiger partial charge in [-0.1, -0.05) is 83.4 Å². The van der Waals surface area contributed by atoms with Gasteiger partial charge < -0.3 is 10.1 Å². The van der Waals surface area contributed by atoms with Crippen LogP contribution in [0.4, 0.5) is 0 Å². The van der Waals surface area contributed by atoms with E-state index in [4.69, 9.17) is 4.74 Å². The molecule has 1 amide bonds. The molecule has 0 aromatic heterocycles. The highest BCUT2D eigenvalue weighted by atomic mass is 32.2. The zero-order valence-electron chi connectivity index (χ0n) is 18.8. The van der Waals surface area contributed by atoms with E-state index in [0.717, 1.165) is 36.8 Å². The minimum atomic E-state index is -0.147. The molecule has 1 aromatic carbocycles. The number of nitrogens with one attached hydrogen (secondary N) is 1. The SMILES string of the molecule is CCCCCCCCNC(=O)/C=C\SC(=O)c1ccc(OCCCCCCC)cc1. The van der Waals surface area contributed by atoms with Gasteiger partial charge in [0.15, 0.2) is 0 Å². The molecule has 0 aliphatic heterocycles. The normalized spacial score (nSPS) is 11.0. The molecule has 1 N–H and O–H groups in total. The highest BCUT2D eigenvalue weighted by Crippen LogP contribution is 2.18. The lowest BCUT2D eigenvalue weighted by Crippen LogP contribution is -2.21. The predicted molar refractivity (Wildman–Crippen MR) is 128 cm³/mol. The number of thioether (sulfide) groups is 1. The van der Waals surface area contributed by atoms with E-state index in [1.807, 2.05) is 12.1 Å². The maximum atomic E-state index is 12.2. The number of ether oxygens (including phenoxy) is 1. The van der Waals surface area contributed by atoms with Crippen LogP contribution in [0, 0.1) is 0 Å². The summed E-state index contributed by atoms with van der Waals surface area (Å²) in [4.78, 5) is 24.0. The molecule has 0 radical (unpaired) electrons. The number of hydrogen-bond acceptors (Lipinski definition) is 4.